The second kappa shape index (κ2) is 50.8. The molecule has 25 N–H and O–H groups in total. The van der Waals surface area contributed by atoms with Crippen LogP contribution in [0.2, 0.25) is 0 Å². The number of carboxylic acids is 2. The number of nitrogens with two attached hydrogens (primary N) is 4. The number of hydrogen-bond acceptors (Lipinski definition) is 21. The summed E-state index contributed by atoms with van der Waals surface area (Å²) in [5.41, 5.74) is 22.0. The summed E-state index contributed by atoms with van der Waals surface area (Å²) in [7, 11) is 0. The number of rotatable bonds is 53. The number of primary amides is 1. The first-order valence-corrected chi connectivity index (χ1v) is 36.2. The Labute approximate surface area is 624 Å². The minimum absolute atomic E-state index is 0.00772. The minimum Gasteiger partial charge on any atom is -0.481 e. The third-order valence-electron chi connectivity index (χ3n) is 16.3. The molecule has 0 fully saturated rings. The summed E-state index contributed by atoms with van der Waals surface area (Å²) < 4.78 is 0. The molecular weight excluding hydrogens is 1400 g/mol. The molecule has 0 radical (unpaired) electrons. The van der Waals surface area contributed by atoms with Gasteiger partial charge in [-0.15, -0.1) is 0 Å². The largest absolute Gasteiger partial charge is 0.481 e. The summed E-state index contributed by atoms with van der Waals surface area (Å²) >= 11 is 0. The zero-order valence-corrected chi connectivity index (χ0v) is 64.2. The highest BCUT2D eigenvalue weighted by atomic mass is 16.4. The van der Waals surface area contributed by atoms with Gasteiger partial charge in [-0.2, -0.15) is 0 Å². The summed E-state index contributed by atoms with van der Waals surface area (Å²) in [6, 6.07) is -19.0. The highest BCUT2D eigenvalue weighted by molar-refractivity contribution is 6.00. The highest BCUT2D eigenvalue weighted by Crippen LogP contribution is 2.14. The van der Waals surface area contributed by atoms with Crippen LogP contribution in [-0.2, 0) is 86.3 Å². The fraction of sp³-hybridized carbons (Fsp3) is 0.735. The lowest BCUT2D eigenvalue weighted by Crippen LogP contribution is -2.60. The molecule has 608 valence electrons. The van der Waals surface area contributed by atoms with Gasteiger partial charge in [-0.05, 0) is 155 Å². The van der Waals surface area contributed by atoms with Gasteiger partial charge < -0.3 is 113 Å². The summed E-state index contributed by atoms with van der Waals surface area (Å²) in [6.07, 6.45) is -0.711. The molecule has 39 heteroatoms. The Balaban J connectivity index is 6.46. The molecule has 0 aliphatic heterocycles. The van der Waals surface area contributed by atoms with Crippen molar-refractivity contribution in [1.82, 2.24) is 79.8 Å². The first-order chi connectivity index (χ1) is 49.9. The van der Waals surface area contributed by atoms with Crippen molar-refractivity contribution in [1.29, 1.82) is 0 Å². The van der Waals surface area contributed by atoms with Crippen LogP contribution >= 0.6 is 0 Å². The predicted molar refractivity (Wildman–Crippen MR) is 390 cm³/mol. The van der Waals surface area contributed by atoms with E-state index in [1.54, 1.807) is 55.4 Å². The molecule has 0 saturated carbocycles. The van der Waals surface area contributed by atoms with Gasteiger partial charge >= 0.3 is 11.9 Å². The van der Waals surface area contributed by atoms with Crippen molar-refractivity contribution in [2.75, 3.05) is 26.2 Å². The van der Waals surface area contributed by atoms with E-state index >= 15 is 0 Å². The molecule has 0 rings (SSSR count). The molecule has 107 heavy (non-hydrogen) atoms. The van der Waals surface area contributed by atoms with Gasteiger partial charge in [0.2, 0.25) is 94.5 Å². The number of nitrogens with one attached hydrogen (secondary N) is 15. The first kappa shape index (κ1) is 97.3. The van der Waals surface area contributed by atoms with E-state index in [-0.39, 0.29) is 88.3 Å². The molecule has 0 bridgehead atoms. The van der Waals surface area contributed by atoms with Crippen molar-refractivity contribution in [2.24, 2.45) is 46.6 Å². The minimum atomic E-state index is -1.62. The van der Waals surface area contributed by atoms with Crippen molar-refractivity contribution < 1.29 is 96.5 Å². The van der Waals surface area contributed by atoms with E-state index < -0.39 is 223 Å². The van der Waals surface area contributed by atoms with Crippen LogP contribution in [0, 0.1) is 23.7 Å². The van der Waals surface area contributed by atoms with Gasteiger partial charge in [0.1, 0.15) is 84.6 Å². The van der Waals surface area contributed by atoms with Crippen LogP contribution < -0.4 is 103 Å². The fourth-order valence-corrected chi connectivity index (χ4v) is 10.2. The van der Waals surface area contributed by atoms with E-state index in [0.29, 0.717) is 19.3 Å². The summed E-state index contributed by atoms with van der Waals surface area (Å²) in [5.74, 6) is -17.4. The van der Waals surface area contributed by atoms with Gasteiger partial charge in [0.05, 0.1) is 13.1 Å². The van der Waals surface area contributed by atoms with Crippen LogP contribution in [0.5, 0.6) is 0 Å². The van der Waals surface area contributed by atoms with Crippen LogP contribution in [0.3, 0.4) is 0 Å². The average Bonchev–Trinajstić information content (AvgIpc) is 0.870. The van der Waals surface area contributed by atoms with Gasteiger partial charge in [0.25, 0.3) is 0 Å². The van der Waals surface area contributed by atoms with Gasteiger partial charge in [-0.1, -0.05) is 55.4 Å². The maximum Gasteiger partial charge on any atom is 0.303 e. The maximum absolute atomic E-state index is 14.2. The molecule has 0 unspecified atom stereocenters. The van der Waals surface area contributed by atoms with E-state index in [2.05, 4.69) is 79.8 Å². The second-order valence-electron chi connectivity index (χ2n) is 28.3. The summed E-state index contributed by atoms with van der Waals surface area (Å²) in [5, 5.41) is 56.4. The van der Waals surface area contributed by atoms with Gasteiger partial charge in [-0.3, -0.25) is 86.3 Å². The molecule has 39 nitrogen and oxygen atoms in total. The molecule has 0 heterocycles. The maximum atomic E-state index is 14.2. The van der Waals surface area contributed by atoms with Gasteiger partial charge in [0, 0.05) is 12.8 Å². The molecular formula is C68H121N19O20. The number of amides is 16. The Bertz CT molecular complexity index is 3030. The lowest BCUT2D eigenvalue weighted by atomic mass is 10.0. The topological polar surface area (TPSA) is 632 Å². The van der Waals surface area contributed by atoms with E-state index in [9.17, 15) is 96.5 Å². The summed E-state index contributed by atoms with van der Waals surface area (Å²) in [6.45, 7) is 21.2. The molecule has 0 aromatic rings. The molecule has 0 aliphatic rings. The fourth-order valence-electron chi connectivity index (χ4n) is 10.2. The zero-order chi connectivity index (χ0) is 82.1. The highest BCUT2D eigenvalue weighted by Gasteiger charge is 2.37. The lowest BCUT2D eigenvalue weighted by molar-refractivity contribution is -0.139. The molecule has 0 aliphatic carbocycles. The standard InChI is InChI=1S/C68H121N19O20/c1-33(2)27-47(65(104)75-37(9)55(72)94)86-63(102)43(19-15-17-25-69)80-58(97)41(13)78-62(101)46(22-24-54(92)93)83-68(107)50(30-36(7)8)85-60(99)40(12)76-56(95)39(11)79-66(105)48(28-34(3)4)87-64(103)44(20-16-18-26-70)81-59(98)42(14)77-61(100)45(21-23-53(90)91)82-67(106)49(29-35(5)6)84-57(96)38(10)74-52(89)32-73-51(88)31-71/h33-50H,15-32,69-71H2,1-14H3,(H2,72,94)(H,73,88)(H,74,89)(H,75,104)(H,76,95)(H,77,100)(H,78,101)(H,79,105)(H,80,97)(H,81,98)(H,82,106)(H,83,107)(H,84,96)(H,85,99)(H,86,102)(H,87,103)(H,90,91)(H,92,93)/t37-,38-,39-,40-,41-,42-,43-,44-,45-,46-,47-,48-,49-,50-/m0/s1. The van der Waals surface area contributed by atoms with Crippen LogP contribution in [-0.4, -0.2) is 227 Å². The monoisotopic (exact) mass is 1520 g/mol. The second-order valence-corrected chi connectivity index (χ2v) is 28.3. The molecule has 14 atom stereocenters. The number of aliphatic carboxylic acids is 2. The van der Waals surface area contributed by atoms with E-state index in [4.69, 9.17) is 22.9 Å². The van der Waals surface area contributed by atoms with Crippen molar-refractivity contribution in [3.8, 4) is 0 Å². The Morgan fingerprint density at radius 1 is 0.271 bits per heavy atom. The molecule has 0 spiro atoms. The Morgan fingerprint density at radius 3 is 0.776 bits per heavy atom. The van der Waals surface area contributed by atoms with E-state index in [1.807, 2.05) is 0 Å². The molecule has 0 aromatic carbocycles. The van der Waals surface area contributed by atoms with Crippen LogP contribution in [0.4, 0.5) is 0 Å². The third kappa shape index (κ3) is 40.6. The molecule has 0 saturated heterocycles. The number of hydrogen-bond donors (Lipinski definition) is 21. The summed E-state index contributed by atoms with van der Waals surface area (Å²) in [4.78, 5) is 238. The average molecular weight is 1520 g/mol. The van der Waals surface area contributed by atoms with Gasteiger partial charge in [0.15, 0.2) is 0 Å². The van der Waals surface area contributed by atoms with Crippen molar-refractivity contribution in [3.63, 3.8) is 0 Å². The van der Waals surface area contributed by atoms with Crippen LogP contribution in [0.25, 0.3) is 0 Å². The quantitative estimate of drug-likeness (QED) is 0.0253. The number of unbranched alkanes of at least 4 members (excludes halogenated alkanes) is 2. The first-order valence-electron chi connectivity index (χ1n) is 36.2. The third-order valence-corrected chi connectivity index (χ3v) is 16.3. The molecule has 0 aromatic heterocycles. The Hall–Kier alpha value is -9.66. The van der Waals surface area contributed by atoms with E-state index in [1.165, 1.54) is 41.5 Å². The van der Waals surface area contributed by atoms with Crippen molar-refractivity contribution >= 4 is 106 Å². The smallest absolute Gasteiger partial charge is 0.303 e. The zero-order valence-electron chi connectivity index (χ0n) is 64.2. The Morgan fingerprint density at radius 2 is 0.495 bits per heavy atom. The van der Waals surface area contributed by atoms with Crippen molar-refractivity contribution in [2.45, 2.75) is 271 Å². The lowest BCUT2D eigenvalue weighted by Gasteiger charge is -2.28. The van der Waals surface area contributed by atoms with Crippen LogP contribution in [0.15, 0.2) is 0 Å². The number of carboxylic acid groups (broad SMARTS) is 2. The Kier molecular flexibility index (Phi) is 46.2. The molecule has 16 amide bonds. The SMILES string of the molecule is CC(C)C[C@H](NC(=O)[C@H](C)NC(=O)[C@H](C)NC(=O)[C@H](CC(C)C)NC(=O)[C@H](CCCCN)NC(=O)[C@H](C)NC(=O)[C@H](CCC(=O)O)NC(=O)[C@H](CC(C)C)NC(=O)[C@H](C)NC(=O)CNC(=O)CN)C(=O)N[C@@H](CCC(=O)O)C(=O)N[C@@H](C)C(=O)N[C@@H](CCCCN)C(=O)N[C@@H](CC(C)C)C(=O)N[C@@H](C)C(N)=O. The predicted octanol–water partition coefficient (Wildman–Crippen LogP) is -5.37. The number of carbonyl (C=O) groups is 18. The van der Waals surface area contributed by atoms with Gasteiger partial charge in [-0.25, -0.2) is 0 Å². The van der Waals surface area contributed by atoms with E-state index in [0.717, 1.165) is 0 Å². The normalized spacial score (nSPS) is 15.1. The number of carbonyl (C=O) groups excluding carboxylic acids is 16. The van der Waals surface area contributed by atoms with Crippen LogP contribution in [0.1, 0.15) is 187 Å². The van der Waals surface area contributed by atoms with Crippen molar-refractivity contribution in [3.05, 3.63) is 0 Å².